The summed E-state index contributed by atoms with van der Waals surface area (Å²) in [5, 5.41) is 0. The molecule has 1 aliphatic carbocycles. The highest BCUT2D eigenvalue weighted by molar-refractivity contribution is 4.94. The van der Waals surface area contributed by atoms with Gasteiger partial charge in [-0.15, -0.1) is 0 Å². The van der Waals surface area contributed by atoms with Crippen molar-refractivity contribution in [2.24, 2.45) is 11.3 Å². The van der Waals surface area contributed by atoms with Gasteiger partial charge in [-0.05, 0) is 37.0 Å². The highest BCUT2D eigenvalue weighted by atomic mass is 16.5. The summed E-state index contributed by atoms with van der Waals surface area (Å²) >= 11 is 0. The quantitative estimate of drug-likeness (QED) is 0.617. The minimum Gasteiger partial charge on any atom is -0.381 e. The van der Waals surface area contributed by atoms with Crippen LogP contribution in [0.4, 0.5) is 0 Å². The highest BCUT2D eigenvalue weighted by Crippen LogP contribution is 2.53. The Morgan fingerprint density at radius 3 is 1.87 bits per heavy atom. The smallest absolute Gasteiger partial charge is 0.0471 e. The van der Waals surface area contributed by atoms with Crippen LogP contribution < -0.4 is 0 Å². The zero-order valence-corrected chi connectivity index (χ0v) is 11.4. The Kier molecular flexibility index (Phi) is 8.13. The maximum Gasteiger partial charge on any atom is 0.0471 e. The van der Waals surface area contributed by atoms with Crippen molar-refractivity contribution < 1.29 is 4.74 Å². The molecular weight excluding hydrogens is 184 g/mol. The predicted octanol–water partition coefficient (Wildman–Crippen LogP) is 4.66. The molecule has 1 saturated heterocycles. The van der Waals surface area contributed by atoms with Crippen LogP contribution in [0.3, 0.4) is 0 Å². The van der Waals surface area contributed by atoms with Gasteiger partial charge in [0.1, 0.15) is 0 Å². The molecule has 2 aliphatic rings. The summed E-state index contributed by atoms with van der Waals surface area (Å²) in [5.41, 5.74) is 0.749. The zero-order valence-electron chi connectivity index (χ0n) is 11.4. The molecule has 0 aromatic carbocycles. The van der Waals surface area contributed by atoms with Crippen LogP contribution in [0.5, 0.6) is 0 Å². The van der Waals surface area contributed by atoms with E-state index in [1.165, 1.54) is 32.1 Å². The van der Waals surface area contributed by atoms with Crippen LogP contribution in [0.25, 0.3) is 0 Å². The fraction of sp³-hybridized carbons (Fsp3) is 1.00. The Bertz CT molecular complexity index is 128. The minimum absolute atomic E-state index is 0.749. The van der Waals surface area contributed by atoms with E-state index in [1.54, 1.807) is 0 Å². The van der Waals surface area contributed by atoms with Crippen LogP contribution in [-0.4, -0.2) is 13.2 Å². The first kappa shape index (κ1) is 15.0. The van der Waals surface area contributed by atoms with Crippen LogP contribution in [0.2, 0.25) is 0 Å². The molecule has 1 heteroatoms. The number of hydrogen-bond acceptors (Lipinski definition) is 1. The lowest BCUT2D eigenvalue weighted by molar-refractivity contribution is -0.0594. The van der Waals surface area contributed by atoms with Crippen LogP contribution in [0, 0.1) is 11.3 Å². The Labute approximate surface area is 96.6 Å². The summed E-state index contributed by atoms with van der Waals surface area (Å²) in [6.07, 6.45) is 7.05. The molecule has 0 bridgehead atoms. The molecule has 2 fully saturated rings. The lowest BCUT2D eigenvalue weighted by atomic mass is 9.58. The van der Waals surface area contributed by atoms with E-state index in [-0.39, 0.29) is 0 Å². The third-order valence-corrected chi connectivity index (χ3v) is 3.57. The first-order chi connectivity index (χ1) is 7.35. The van der Waals surface area contributed by atoms with E-state index in [0.717, 1.165) is 24.5 Å². The lowest BCUT2D eigenvalue weighted by Crippen LogP contribution is -2.41. The van der Waals surface area contributed by atoms with Gasteiger partial charge in [-0.3, -0.25) is 0 Å². The molecule has 2 rings (SSSR count). The van der Waals surface area contributed by atoms with E-state index in [0.29, 0.717) is 0 Å². The fourth-order valence-corrected chi connectivity index (χ4v) is 2.67. The van der Waals surface area contributed by atoms with Gasteiger partial charge >= 0.3 is 0 Å². The van der Waals surface area contributed by atoms with E-state index < -0.39 is 0 Å². The van der Waals surface area contributed by atoms with E-state index in [1.807, 2.05) is 27.7 Å². The van der Waals surface area contributed by atoms with Crippen molar-refractivity contribution >= 4 is 0 Å². The van der Waals surface area contributed by atoms with Crippen molar-refractivity contribution in [3.8, 4) is 0 Å². The number of hydrogen-bond donors (Lipinski definition) is 0. The zero-order chi connectivity index (χ0) is 11.7. The fourth-order valence-electron chi connectivity index (χ4n) is 2.67. The van der Waals surface area contributed by atoms with E-state index in [4.69, 9.17) is 4.74 Å². The first-order valence-electron chi connectivity index (χ1n) is 6.92. The summed E-state index contributed by atoms with van der Waals surface area (Å²) < 4.78 is 5.37. The Hall–Kier alpha value is -0.0400. The van der Waals surface area contributed by atoms with Gasteiger partial charge in [0.25, 0.3) is 0 Å². The summed E-state index contributed by atoms with van der Waals surface area (Å²) in [4.78, 5) is 0. The minimum atomic E-state index is 0.749. The SMILES string of the molecule is CC.CC.CCC1CC2(CCOCC2)C1. The van der Waals surface area contributed by atoms with E-state index in [2.05, 4.69) is 6.92 Å². The van der Waals surface area contributed by atoms with Crippen molar-refractivity contribution in [3.05, 3.63) is 0 Å². The molecule has 0 radical (unpaired) electrons. The molecule has 0 aromatic heterocycles. The van der Waals surface area contributed by atoms with E-state index in [9.17, 15) is 0 Å². The lowest BCUT2D eigenvalue weighted by Gasteiger charge is -2.50. The van der Waals surface area contributed by atoms with E-state index >= 15 is 0 Å². The molecule has 0 N–H and O–H groups in total. The van der Waals surface area contributed by atoms with Gasteiger partial charge < -0.3 is 4.74 Å². The summed E-state index contributed by atoms with van der Waals surface area (Å²) in [6.45, 7) is 12.4. The number of ether oxygens (including phenoxy) is 1. The largest absolute Gasteiger partial charge is 0.381 e. The van der Waals surface area contributed by atoms with Crippen LogP contribution >= 0.6 is 0 Å². The molecule has 92 valence electrons. The molecule has 1 heterocycles. The Morgan fingerprint density at radius 2 is 1.47 bits per heavy atom. The number of rotatable bonds is 1. The third-order valence-electron chi connectivity index (χ3n) is 3.57. The monoisotopic (exact) mass is 214 g/mol. The molecule has 0 unspecified atom stereocenters. The molecule has 1 aliphatic heterocycles. The van der Waals surface area contributed by atoms with Crippen molar-refractivity contribution in [2.75, 3.05) is 13.2 Å². The van der Waals surface area contributed by atoms with Crippen LogP contribution in [0.15, 0.2) is 0 Å². The maximum atomic E-state index is 5.37. The average Bonchev–Trinajstić information content (AvgIpc) is 2.32. The molecule has 0 amide bonds. The molecule has 0 atom stereocenters. The van der Waals surface area contributed by atoms with Gasteiger partial charge in [-0.25, -0.2) is 0 Å². The van der Waals surface area contributed by atoms with Crippen molar-refractivity contribution in [3.63, 3.8) is 0 Å². The first-order valence-corrected chi connectivity index (χ1v) is 6.92. The van der Waals surface area contributed by atoms with Gasteiger partial charge in [0, 0.05) is 13.2 Å². The van der Waals surface area contributed by atoms with Crippen LogP contribution in [0.1, 0.15) is 66.7 Å². The summed E-state index contributed by atoms with van der Waals surface area (Å²) in [7, 11) is 0. The van der Waals surface area contributed by atoms with Crippen molar-refractivity contribution in [2.45, 2.75) is 66.7 Å². The molecule has 15 heavy (non-hydrogen) atoms. The Balaban J connectivity index is 0.000000442. The molecule has 1 spiro atoms. The van der Waals surface area contributed by atoms with Gasteiger partial charge in [-0.1, -0.05) is 41.0 Å². The van der Waals surface area contributed by atoms with Gasteiger partial charge in [0.15, 0.2) is 0 Å². The predicted molar refractivity (Wildman–Crippen MR) is 68.2 cm³/mol. The maximum absolute atomic E-state index is 5.37. The van der Waals surface area contributed by atoms with Gasteiger partial charge in [0.2, 0.25) is 0 Å². The van der Waals surface area contributed by atoms with Gasteiger partial charge in [0.05, 0.1) is 0 Å². The second-order valence-electron chi connectivity index (χ2n) is 4.29. The molecule has 1 saturated carbocycles. The molecule has 1 nitrogen and oxygen atoms in total. The molecule has 0 aromatic rings. The van der Waals surface area contributed by atoms with Gasteiger partial charge in [-0.2, -0.15) is 0 Å². The second kappa shape index (κ2) is 8.15. The standard InChI is InChI=1S/C10H18O.2C2H6/c1-2-9-7-10(8-9)3-5-11-6-4-10;2*1-2/h9H,2-8H2,1H3;2*1-2H3. The highest BCUT2D eigenvalue weighted by Gasteiger charge is 2.43. The summed E-state index contributed by atoms with van der Waals surface area (Å²) in [5.74, 6) is 1.05. The summed E-state index contributed by atoms with van der Waals surface area (Å²) in [6, 6.07) is 0. The molecular formula is C14H30O. The van der Waals surface area contributed by atoms with Crippen LogP contribution in [-0.2, 0) is 4.74 Å². The topological polar surface area (TPSA) is 9.23 Å². The Morgan fingerprint density at radius 1 is 1.00 bits per heavy atom. The van der Waals surface area contributed by atoms with Crippen molar-refractivity contribution in [1.82, 2.24) is 0 Å². The van der Waals surface area contributed by atoms with Crippen molar-refractivity contribution in [1.29, 1.82) is 0 Å². The average molecular weight is 214 g/mol. The normalized spacial score (nSPS) is 23.0. The third kappa shape index (κ3) is 4.14. The second-order valence-corrected chi connectivity index (χ2v) is 4.29.